The van der Waals surface area contributed by atoms with Gasteiger partial charge in [-0.05, 0) is 37.3 Å². The summed E-state index contributed by atoms with van der Waals surface area (Å²) in [5, 5.41) is 3.42. The molecule has 1 aromatic rings. The Hall–Kier alpha value is -1.25. The van der Waals surface area contributed by atoms with E-state index in [4.69, 9.17) is 5.73 Å². The lowest BCUT2D eigenvalue weighted by molar-refractivity contribution is 0.439. The first-order chi connectivity index (χ1) is 7.66. The predicted molar refractivity (Wildman–Crippen MR) is 68.4 cm³/mol. The normalized spacial score (nSPS) is 24.6. The van der Waals surface area contributed by atoms with Gasteiger partial charge in [-0.15, -0.1) is 0 Å². The zero-order valence-electron chi connectivity index (χ0n) is 10.2. The summed E-state index contributed by atoms with van der Waals surface area (Å²) in [7, 11) is 0. The molecule has 16 heavy (non-hydrogen) atoms. The van der Waals surface area contributed by atoms with Gasteiger partial charge in [0.25, 0.3) is 0 Å². The summed E-state index contributed by atoms with van der Waals surface area (Å²) in [6, 6.07) is 3.88. The average Bonchev–Trinajstić information content (AvgIpc) is 2.66. The molecule has 3 heteroatoms. The minimum absolute atomic E-state index is 0.764. The van der Waals surface area contributed by atoms with Crippen molar-refractivity contribution in [3.05, 3.63) is 17.8 Å². The van der Waals surface area contributed by atoms with E-state index in [1.54, 1.807) is 0 Å². The molecule has 1 aliphatic rings. The van der Waals surface area contributed by atoms with Crippen molar-refractivity contribution in [3.8, 4) is 0 Å². The van der Waals surface area contributed by atoms with Crippen molar-refractivity contribution in [2.75, 3.05) is 17.6 Å². The van der Waals surface area contributed by atoms with E-state index in [1.165, 1.54) is 19.3 Å². The molecule has 3 nitrogen and oxygen atoms in total. The largest absolute Gasteiger partial charge is 0.397 e. The first-order valence-electron chi connectivity index (χ1n) is 6.14. The molecule has 0 radical (unpaired) electrons. The van der Waals surface area contributed by atoms with Crippen LogP contribution in [-0.2, 0) is 0 Å². The van der Waals surface area contributed by atoms with Crippen molar-refractivity contribution < 1.29 is 0 Å². The van der Waals surface area contributed by atoms with E-state index < -0.39 is 0 Å². The summed E-state index contributed by atoms with van der Waals surface area (Å²) in [5.74, 6) is 2.60. The Balaban J connectivity index is 1.91. The Labute approximate surface area is 97.5 Å². The monoisotopic (exact) mass is 219 g/mol. The molecule has 0 aliphatic heterocycles. The SMILES string of the molecule is Cc1nc(NCC2CCCC2C)ccc1N. The molecule has 0 saturated heterocycles. The molecule has 1 saturated carbocycles. The third-order valence-electron chi connectivity index (χ3n) is 3.71. The van der Waals surface area contributed by atoms with Gasteiger partial charge in [0, 0.05) is 6.54 Å². The Bertz CT molecular complexity index is 362. The Morgan fingerprint density at radius 1 is 1.44 bits per heavy atom. The Kier molecular flexibility index (Phi) is 3.32. The zero-order chi connectivity index (χ0) is 11.5. The van der Waals surface area contributed by atoms with Gasteiger partial charge in [0.2, 0.25) is 0 Å². The summed E-state index contributed by atoms with van der Waals surface area (Å²) in [4.78, 5) is 4.42. The van der Waals surface area contributed by atoms with E-state index in [1.807, 2.05) is 19.1 Å². The lowest BCUT2D eigenvalue weighted by atomic mass is 9.98. The number of nitrogens with two attached hydrogens (primary N) is 1. The number of pyridine rings is 1. The second-order valence-electron chi connectivity index (χ2n) is 4.92. The number of hydrogen-bond donors (Lipinski definition) is 2. The minimum atomic E-state index is 0.764. The maximum atomic E-state index is 5.74. The van der Waals surface area contributed by atoms with Crippen LogP contribution in [-0.4, -0.2) is 11.5 Å². The Morgan fingerprint density at radius 3 is 2.88 bits per heavy atom. The first kappa shape index (κ1) is 11.2. The summed E-state index contributed by atoms with van der Waals surface area (Å²) < 4.78 is 0. The van der Waals surface area contributed by atoms with E-state index in [-0.39, 0.29) is 0 Å². The van der Waals surface area contributed by atoms with Crippen molar-refractivity contribution in [2.24, 2.45) is 11.8 Å². The number of aromatic nitrogens is 1. The smallest absolute Gasteiger partial charge is 0.126 e. The molecule has 1 aromatic heterocycles. The van der Waals surface area contributed by atoms with Crippen molar-refractivity contribution in [1.29, 1.82) is 0 Å². The van der Waals surface area contributed by atoms with Gasteiger partial charge >= 0.3 is 0 Å². The molecule has 0 aromatic carbocycles. The first-order valence-corrected chi connectivity index (χ1v) is 6.14. The van der Waals surface area contributed by atoms with Crippen molar-refractivity contribution in [3.63, 3.8) is 0 Å². The van der Waals surface area contributed by atoms with Crippen molar-refractivity contribution in [1.82, 2.24) is 4.98 Å². The number of rotatable bonds is 3. The molecule has 2 rings (SSSR count). The second kappa shape index (κ2) is 4.73. The molecule has 1 fully saturated rings. The van der Waals surface area contributed by atoms with E-state index in [0.717, 1.165) is 35.6 Å². The van der Waals surface area contributed by atoms with Crippen molar-refractivity contribution >= 4 is 11.5 Å². The highest BCUT2D eigenvalue weighted by Gasteiger charge is 2.22. The summed E-state index contributed by atoms with van der Waals surface area (Å²) in [5.41, 5.74) is 7.41. The molecule has 1 aliphatic carbocycles. The molecule has 1 heterocycles. The summed E-state index contributed by atoms with van der Waals surface area (Å²) in [6.07, 6.45) is 4.10. The number of nitrogens with one attached hydrogen (secondary N) is 1. The Morgan fingerprint density at radius 2 is 2.25 bits per heavy atom. The molecule has 2 unspecified atom stereocenters. The molecular weight excluding hydrogens is 198 g/mol. The summed E-state index contributed by atoms with van der Waals surface area (Å²) in [6.45, 7) is 5.33. The van der Waals surface area contributed by atoms with Crippen LogP contribution in [0.15, 0.2) is 12.1 Å². The van der Waals surface area contributed by atoms with Crippen LogP contribution < -0.4 is 11.1 Å². The van der Waals surface area contributed by atoms with Gasteiger partial charge in [-0.2, -0.15) is 0 Å². The van der Waals surface area contributed by atoms with Gasteiger partial charge in [0.05, 0.1) is 11.4 Å². The highest BCUT2D eigenvalue weighted by atomic mass is 15.0. The zero-order valence-corrected chi connectivity index (χ0v) is 10.2. The van der Waals surface area contributed by atoms with Gasteiger partial charge in [-0.25, -0.2) is 4.98 Å². The van der Waals surface area contributed by atoms with Crippen LogP contribution in [0.25, 0.3) is 0 Å². The van der Waals surface area contributed by atoms with Crippen LogP contribution in [0.1, 0.15) is 31.9 Å². The summed E-state index contributed by atoms with van der Waals surface area (Å²) >= 11 is 0. The van der Waals surface area contributed by atoms with Crippen LogP contribution in [0.4, 0.5) is 11.5 Å². The van der Waals surface area contributed by atoms with Gasteiger partial charge < -0.3 is 11.1 Å². The molecule has 0 amide bonds. The molecule has 0 bridgehead atoms. The third-order valence-corrected chi connectivity index (χ3v) is 3.71. The van der Waals surface area contributed by atoms with Crippen LogP contribution in [0, 0.1) is 18.8 Å². The van der Waals surface area contributed by atoms with Gasteiger partial charge in [0.15, 0.2) is 0 Å². The molecule has 0 spiro atoms. The lowest BCUT2D eigenvalue weighted by Crippen LogP contribution is -2.17. The van der Waals surface area contributed by atoms with Crippen LogP contribution in [0.5, 0.6) is 0 Å². The fraction of sp³-hybridized carbons (Fsp3) is 0.615. The standard InChI is InChI=1S/C13H21N3/c1-9-4-3-5-11(9)8-15-13-7-6-12(14)10(2)16-13/h6-7,9,11H,3-5,8,14H2,1-2H3,(H,15,16). The quantitative estimate of drug-likeness (QED) is 0.822. The van der Waals surface area contributed by atoms with Crippen LogP contribution in [0.2, 0.25) is 0 Å². The van der Waals surface area contributed by atoms with Crippen LogP contribution in [0.3, 0.4) is 0 Å². The number of hydrogen-bond acceptors (Lipinski definition) is 3. The molecule has 3 N–H and O–H groups in total. The molecular formula is C13H21N3. The topological polar surface area (TPSA) is 50.9 Å². The maximum Gasteiger partial charge on any atom is 0.126 e. The average molecular weight is 219 g/mol. The fourth-order valence-corrected chi connectivity index (χ4v) is 2.43. The van der Waals surface area contributed by atoms with Gasteiger partial charge in [0.1, 0.15) is 5.82 Å². The molecule has 88 valence electrons. The number of anilines is 2. The van der Waals surface area contributed by atoms with E-state index in [0.29, 0.717) is 0 Å². The third kappa shape index (κ3) is 2.46. The lowest BCUT2D eigenvalue weighted by Gasteiger charge is -2.16. The predicted octanol–water partition coefficient (Wildman–Crippen LogP) is 2.82. The second-order valence-corrected chi connectivity index (χ2v) is 4.92. The van der Waals surface area contributed by atoms with E-state index in [2.05, 4.69) is 17.2 Å². The highest BCUT2D eigenvalue weighted by molar-refractivity contribution is 5.49. The number of nitrogen functional groups attached to an aromatic ring is 1. The highest BCUT2D eigenvalue weighted by Crippen LogP contribution is 2.31. The van der Waals surface area contributed by atoms with Gasteiger partial charge in [-0.3, -0.25) is 0 Å². The van der Waals surface area contributed by atoms with Crippen molar-refractivity contribution in [2.45, 2.75) is 33.1 Å². The molecule has 2 atom stereocenters. The number of nitrogens with zero attached hydrogens (tertiary/aromatic N) is 1. The minimum Gasteiger partial charge on any atom is -0.397 e. The fourth-order valence-electron chi connectivity index (χ4n) is 2.43. The van der Waals surface area contributed by atoms with Gasteiger partial charge in [-0.1, -0.05) is 19.8 Å². The maximum absolute atomic E-state index is 5.74. The van der Waals surface area contributed by atoms with E-state index >= 15 is 0 Å². The number of aryl methyl sites for hydroxylation is 1. The van der Waals surface area contributed by atoms with E-state index in [9.17, 15) is 0 Å². The van der Waals surface area contributed by atoms with Crippen LogP contribution >= 0.6 is 0 Å².